The van der Waals surface area contributed by atoms with Crippen LogP contribution in [0.4, 0.5) is 5.69 Å². The molecule has 0 heterocycles. The lowest BCUT2D eigenvalue weighted by molar-refractivity contribution is -0.139. The second kappa shape index (κ2) is 10.7. The maximum atomic E-state index is 13.3. The molecule has 11 heteroatoms. The van der Waals surface area contributed by atoms with Crippen LogP contribution in [0.15, 0.2) is 46.9 Å². The molecule has 0 saturated heterocycles. The van der Waals surface area contributed by atoms with Crippen LogP contribution in [-0.4, -0.2) is 51.0 Å². The largest absolute Gasteiger partial charge is 0.357 e. The summed E-state index contributed by atoms with van der Waals surface area (Å²) in [6.07, 6.45) is 0.971. The van der Waals surface area contributed by atoms with Crippen LogP contribution in [0.25, 0.3) is 0 Å². The lowest BCUT2D eigenvalue weighted by Gasteiger charge is -2.31. The lowest BCUT2D eigenvalue weighted by Crippen LogP contribution is -2.50. The number of carbonyl (C=O) groups is 2. The summed E-state index contributed by atoms with van der Waals surface area (Å²) < 4.78 is 26.7. The molecule has 0 aliphatic carbocycles. The minimum atomic E-state index is -3.88. The Balaban J connectivity index is 2.42. The Morgan fingerprint density at radius 3 is 2.29 bits per heavy atom. The van der Waals surface area contributed by atoms with E-state index in [1.165, 1.54) is 24.1 Å². The molecule has 2 aromatic rings. The first-order valence-electron chi connectivity index (χ1n) is 9.13. The molecule has 0 saturated carbocycles. The number of halogens is 3. The molecule has 168 valence electrons. The van der Waals surface area contributed by atoms with E-state index in [9.17, 15) is 18.0 Å². The number of likely N-dealkylation sites (N-methyl/N-ethyl adjacent to an activating group) is 1. The molecule has 2 rings (SSSR count). The van der Waals surface area contributed by atoms with Crippen LogP contribution in [0, 0.1) is 0 Å². The van der Waals surface area contributed by atoms with Crippen LogP contribution in [-0.2, 0) is 26.2 Å². The summed E-state index contributed by atoms with van der Waals surface area (Å²) in [4.78, 5) is 26.8. The third-order valence-electron chi connectivity index (χ3n) is 4.56. The molecule has 0 radical (unpaired) electrons. The Morgan fingerprint density at radius 1 is 1.13 bits per heavy atom. The van der Waals surface area contributed by atoms with Crippen LogP contribution in [0.3, 0.4) is 0 Å². The number of hydrogen-bond acceptors (Lipinski definition) is 4. The molecule has 0 spiro atoms. The Morgan fingerprint density at radius 2 is 1.74 bits per heavy atom. The van der Waals surface area contributed by atoms with Crippen LogP contribution in [0.5, 0.6) is 0 Å². The molecule has 0 fully saturated rings. The highest BCUT2D eigenvalue weighted by Crippen LogP contribution is 2.33. The molecule has 0 aliphatic heterocycles. The van der Waals surface area contributed by atoms with E-state index < -0.39 is 28.5 Å². The molecule has 1 atom stereocenters. The number of nitrogens with one attached hydrogen (secondary N) is 1. The van der Waals surface area contributed by atoms with E-state index in [2.05, 4.69) is 21.2 Å². The fourth-order valence-corrected chi connectivity index (χ4v) is 4.42. The van der Waals surface area contributed by atoms with Gasteiger partial charge in [0.2, 0.25) is 21.8 Å². The van der Waals surface area contributed by atoms with Crippen LogP contribution >= 0.6 is 39.1 Å². The first kappa shape index (κ1) is 25.5. The van der Waals surface area contributed by atoms with Crippen molar-refractivity contribution in [2.24, 2.45) is 0 Å². The number of benzene rings is 2. The van der Waals surface area contributed by atoms with Crippen molar-refractivity contribution in [3.05, 3.63) is 62.5 Å². The van der Waals surface area contributed by atoms with Crippen LogP contribution in [0.2, 0.25) is 10.0 Å². The van der Waals surface area contributed by atoms with Gasteiger partial charge < -0.3 is 10.2 Å². The summed E-state index contributed by atoms with van der Waals surface area (Å²) in [6.45, 7) is 1.14. The fraction of sp³-hybridized carbons (Fsp3) is 0.300. The minimum Gasteiger partial charge on any atom is -0.357 e. The second-order valence-electron chi connectivity index (χ2n) is 6.78. The highest BCUT2D eigenvalue weighted by molar-refractivity contribution is 9.10. The number of sulfonamides is 1. The molecular weight excluding hydrogens is 529 g/mol. The highest BCUT2D eigenvalue weighted by atomic mass is 79.9. The third kappa shape index (κ3) is 6.58. The van der Waals surface area contributed by atoms with Crippen molar-refractivity contribution in [2.75, 3.05) is 24.2 Å². The summed E-state index contributed by atoms with van der Waals surface area (Å²) in [5, 5.41) is 2.69. The van der Waals surface area contributed by atoms with Gasteiger partial charge in [0.25, 0.3) is 0 Å². The number of amides is 2. The minimum absolute atomic E-state index is 0.0150. The van der Waals surface area contributed by atoms with Crippen molar-refractivity contribution >= 4 is 66.7 Å². The second-order valence-corrected chi connectivity index (χ2v) is 10.4. The first-order valence-corrected chi connectivity index (χ1v) is 12.5. The Hall–Kier alpha value is -1.81. The van der Waals surface area contributed by atoms with Gasteiger partial charge in [-0.2, -0.15) is 0 Å². The number of carbonyl (C=O) groups excluding carboxylic acids is 2. The monoisotopic (exact) mass is 549 g/mol. The Kier molecular flexibility index (Phi) is 8.76. The lowest BCUT2D eigenvalue weighted by atomic mass is 10.1. The number of nitrogens with zero attached hydrogens (tertiary/aromatic N) is 2. The third-order valence-corrected chi connectivity index (χ3v) is 7.02. The Labute approximate surface area is 200 Å². The predicted molar refractivity (Wildman–Crippen MR) is 127 cm³/mol. The molecule has 0 bridgehead atoms. The van der Waals surface area contributed by atoms with Crippen molar-refractivity contribution < 1.29 is 18.0 Å². The molecule has 0 aliphatic rings. The van der Waals surface area contributed by atoms with E-state index in [4.69, 9.17) is 23.2 Å². The molecule has 2 aromatic carbocycles. The van der Waals surface area contributed by atoms with E-state index in [1.807, 2.05) is 24.3 Å². The fourth-order valence-electron chi connectivity index (χ4n) is 2.86. The van der Waals surface area contributed by atoms with Crippen molar-refractivity contribution in [1.29, 1.82) is 0 Å². The maximum absolute atomic E-state index is 13.3. The van der Waals surface area contributed by atoms with Gasteiger partial charge in [0.05, 0.1) is 22.0 Å². The summed E-state index contributed by atoms with van der Waals surface area (Å²) in [6, 6.07) is 10.9. The topological polar surface area (TPSA) is 86.8 Å². The smallest absolute Gasteiger partial charge is 0.244 e. The standard InChI is InChI=1S/C20H22BrCl2N3O4S/c1-13(20(28)24-2)25(11-14-7-9-15(21)10-8-14)18(27)12-26(31(3,29)30)17-6-4-5-16(22)19(17)23/h4-10,13H,11-12H2,1-3H3,(H,24,28)/t13-/m1/s1. The van der Waals surface area contributed by atoms with Gasteiger partial charge in [-0.1, -0.05) is 57.3 Å². The number of hydrogen-bond donors (Lipinski definition) is 1. The number of anilines is 1. The molecular formula is C20H22BrCl2N3O4S. The highest BCUT2D eigenvalue weighted by Gasteiger charge is 2.30. The van der Waals surface area contributed by atoms with Gasteiger partial charge in [-0.15, -0.1) is 0 Å². The summed E-state index contributed by atoms with van der Waals surface area (Å²) in [5.74, 6) is -0.947. The summed E-state index contributed by atoms with van der Waals surface area (Å²) in [7, 11) is -2.41. The van der Waals surface area contributed by atoms with Gasteiger partial charge in [-0.3, -0.25) is 13.9 Å². The zero-order valence-electron chi connectivity index (χ0n) is 17.1. The van der Waals surface area contributed by atoms with Gasteiger partial charge in [-0.05, 0) is 36.8 Å². The van der Waals surface area contributed by atoms with Crippen molar-refractivity contribution in [1.82, 2.24) is 10.2 Å². The molecule has 0 unspecified atom stereocenters. The first-order chi connectivity index (χ1) is 14.5. The van der Waals surface area contributed by atoms with E-state index in [0.717, 1.165) is 20.6 Å². The average molecular weight is 551 g/mol. The van der Waals surface area contributed by atoms with E-state index in [0.29, 0.717) is 0 Å². The molecule has 0 aromatic heterocycles. The van der Waals surface area contributed by atoms with Crippen molar-refractivity contribution in [3.8, 4) is 0 Å². The zero-order valence-corrected chi connectivity index (χ0v) is 21.0. The van der Waals surface area contributed by atoms with Gasteiger partial charge in [0.15, 0.2) is 0 Å². The molecule has 2 amide bonds. The van der Waals surface area contributed by atoms with Gasteiger partial charge in [-0.25, -0.2) is 8.42 Å². The predicted octanol–water partition coefficient (Wildman–Crippen LogP) is 3.69. The zero-order chi connectivity index (χ0) is 23.3. The van der Waals surface area contributed by atoms with E-state index >= 15 is 0 Å². The van der Waals surface area contributed by atoms with Gasteiger partial charge >= 0.3 is 0 Å². The van der Waals surface area contributed by atoms with Crippen LogP contribution < -0.4 is 9.62 Å². The van der Waals surface area contributed by atoms with E-state index in [-0.39, 0.29) is 28.2 Å². The van der Waals surface area contributed by atoms with Crippen LogP contribution in [0.1, 0.15) is 12.5 Å². The maximum Gasteiger partial charge on any atom is 0.244 e. The normalized spacial score (nSPS) is 12.2. The SMILES string of the molecule is CNC(=O)[C@@H](C)N(Cc1ccc(Br)cc1)C(=O)CN(c1cccc(Cl)c1Cl)S(C)(=O)=O. The average Bonchev–Trinajstić information content (AvgIpc) is 2.71. The summed E-state index contributed by atoms with van der Waals surface area (Å²) >= 11 is 15.6. The summed E-state index contributed by atoms with van der Waals surface area (Å²) in [5.41, 5.74) is 0.861. The van der Waals surface area contributed by atoms with Gasteiger partial charge in [0, 0.05) is 18.1 Å². The molecule has 7 nitrogen and oxygen atoms in total. The van der Waals surface area contributed by atoms with Crippen molar-refractivity contribution in [2.45, 2.75) is 19.5 Å². The molecule has 31 heavy (non-hydrogen) atoms. The molecule has 1 N–H and O–H groups in total. The quantitative estimate of drug-likeness (QED) is 0.543. The van der Waals surface area contributed by atoms with E-state index in [1.54, 1.807) is 13.0 Å². The van der Waals surface area contributed by atoms with Crippen molar-refractivity contribution in [3.63, 3.8) is 0 Å². The number of rotatable bonds is 8. The Bertz CT molecular complexity index is 1060. The van der Waals surface area contributed by atoms with Gasteiger partial charge in [0.1, 0.15) is 12.6 Å².